The van der Waals surface area contributed by atoms with E-state index in [-0.39, 0.29) is 41.0 Å². The molecule has 220 valence electrons. The summed E-state index contributed by atoms with van der Waals surface area (Å²) in [5.41, 5.74) is 2.54. The van der Waals surface area contributed by atoms with Crippen LogP contribution in [0, 0.1) is 25.5 Å². The first-order valence-electron chi connectivity index (χ1n) is 13.5. The van der Waals surface area contributed by atoms with Crippen LogP contribution in [-0.4, -0.2) is 33.9 Å². The van der Waals surface area contributed by atoms with E-state index in [1.165, 1.54) is 49.8 Å². The highest BCUT2D eigenvalue weighted by Gasteiger charge is 2.20. The molecule has 0 atom stereocenters. The van der Waals surface area contributed by atoms with Crippen molar-refractivity contribution in [3.63, 3.8) is 0 Å². The summed E-state index contributed by atoms with van der Waals surface area (Å²) in [6, 6.07) is 11.5. The molecule has 8 nitrogen and oxygen atoms in total. The lowest BCUT2D eigenvalue weighted by Gasteiger charge is -2.15. The van der Waals surface area contributed by atoms with Crippen molar-refractivity contribution in [2.45, 2.75) is 40.2 Å². The maximum atomic E-state index is 15.2. The van der Waals surface area contributed by atoms with Crippen molar-refractivity contribution in [1.29, 1.82) is 0 Å². The van der Waals surface area contributed by atoms with E-state index in [2.05, 4.69) is 15.0 Å². The van der Waals surface area contributed by atoms with Crippen LogP contribution in [0.3, 0.4) is 0 Å². The topological polar surface area (TPSA) is 103 Å². The molecule has 1 N–H and O–H groups in total. The standard InChI is InChI=1S/C33H29F2N3O5/c1-17(2)42-33-29(41-5)15-25-31(38-33)28(10-11-36-25)43-27-9-6-20(13-24(27)35)14-26(39)23-16-37-19(4)30(32(23)40)22-8-7-21(34)12-18(22)3/h6-13,15-17H,14H2,1-5H3,(H,37,40). The van der Waals surface area contributed by atoms with E-state index >= 15 is 4.39 Å². The SMILES string of the molecule is COc1cc2nccc(Oc3ccc(CC(=O)c4c[nH]c(C)c(-c5ccc(F)cc5C)c4=O)cc3F)c2nc1OC(C)C. The number of ketones is 1. The molecule has 0 saturated carbocycles. The third-order valence-electron chi connectivity index (χ3n) is 6.79. The van der Waals surface area contributed by atoms with Crippen LogP contribution in [0.2, 0.25) is 0 Å². The number of hydrogen-bond donors (Lipinski definition) is 1. The highest BCUT2D eigenvalue weighted by atomic mass is 19.1. The van der Waals surface area contributed by atoms with Crippen molar-refractivity contribution in [3.05, 3.63) is 105 Å². The van der Waals surface area contributed by atoms with E-state index < -0.39 is 22.8 Å². The van der Waals surface area contributed by atoms with Gasteiger partial charge in [0.15, 0.2) is 34.3 Å². The van der Waals surface area contributed by atoms with Crippen LogP contribution in [0.1, 0.15) is 41.0 Å². The molecule has 2 aromatic carbocycles. The fraction of sp³-hybridized carbons (Fsp3) is 0.212. The van der Waals surface area contributed by atoms with E-state index in [4.69, 9.17) is 14.2 Å². The smallest absolute Gasteiger partial charge is 0.258 e. The molecule has 0 spiro atoms. The lowest BCUT2D eigenvalue weighted by Crippen LogP contribution is -2.20. The lowest BCUT2D eigenvalue weighted by molar-refractivity contribution is 0.0991. The summed E-state index contributed by atoms with van der Waals surface area (Å²) in [5, 5.41) is 0. The number of H-pyrrole nitrogens is 1. The van der Waals surface area contributed by atoms with Crippen LogP contribution in [0.25, 0.3) is 22.2 Å². The van der Waals surface area contributed by atoms with E-state index in [0.29, 0.717) is 39.2 Å². The van der Waals surface area contributed by atoms with Crippen molar-refractivity contribution in [2.75, 3.05) is 7.11 Å². The Morgan fingerprint density at radius 1 is 1.00 bits per heavy atom. The minimum Gasteiger partial charge on any atom is -0.491 e. The summed E-state index contributed by atoms with van der Waals surface area (Å²) in [4.78, 5) is 38.3. The van der Waals surface area contributed by atoms with Crippen molar-refractivity contribution in [1.82, 2.24) is 15.0 Å². The molecule has 3 heterocycles. The zero-order valence-corrected chi connectivity index (χ0v) is 24.2. The number of carbonyl (C=O) groups excluding carboxylic acids is 1. The molecule has 0 saturated heterocycles. The van der Waals surface area contributed by atoms with Gasteiger partial charge in [0, 0.05) is 42.2 Å². The minimum atomic E-state index is -0.706. The number of hydrogen-bond acceptors (Lipinski definition) is 7. The number of nitrogens with one attached hydrogen (secondary N) is 1. The van der Waals surface area contributed by atoms with Gasteiger partial charge in [0.05, 0.1) is 24.3 Å². The fourth-order valence-electron chi connectivity index (χ4n) is 4.75. The highest BCUT2D eigenvalue weighted by molar-refractivity contribution is 5.98. The number of methoxy groups -OCH3 is 1. The molecule has 10 heteroatoms. The maximum absolute atomic E-state index is 15.2. The van der Waals surface area contributed by atoms with E-state index in [1.807, 2.05) is 13.8 Å². The number of ether oxygens (including phenoxy) is 3. The van der Waals surface area contributed by atoms with Gasteiger partial charge in [0.1, 0.15) is 11.3 Å². The molecular weight excluding hydrogens is 556 g/mol. The van der Waals surface area contributed by atoms with Gasteiger partial charge < -0.3 is 19.2 Å². The Hall–Kier alpha value is -5.12. The summed E-state index contributed by atoms with van der Waals surface area (Å²) in [6.45, 7) is 7.11. The number of aromatic nitrogens is 3. The van der Waals surface area contributed by atoms with Crippen molar-refractivity contribution in [3.8, 4) is 34.3 Å². The van der Waals surface area contributed by atoms with Gasteiger partial charge >= 0.3 is 0 Å². The normalized spacial score (nSPS) is 11.2. The van der Waals surface area contributed by atoms with E-state index in [0.717, 1.165) is 0 Å². The molecule has 0 fully saturated rings. The predicted octanol–water partition coefficient (Wildman–Crippen LogP) is 6.89. The Morgan fingerprint density at radius 2 is 1.79 bits per heavy atom. The van der Waals surface area contributed by atoms with Gasteiger partial charge in [-0.15, -0.1) is 0 Å². The van der Waals surface area contributed by atoms with Gasteiger partial charge in [-0.1, -0.05) is 12.1 Å². The molecule has 0 radical (unpaired) electrons. The molecule has 0 aliphatic rings. The molecule has 0 bridgehead atoms. The van der Waals surface area contributed by atoms with Crippen molar-refractivity contribution >= 4 is 16.8 Å². The molecule has 43 heavy (non-hydrogen) atoms. The Morgan fingerprint density at radius 3 is 2.49 bits per heavy atom. The van der Waals surface area contributed by atoms with Crippen LogP contribution in [0.4, 0.5) is 8.78 Å². The zero-order chi connectivity index (χ0) is 30.8. The second kappa shape index (κ2) is 12.0. The predicted molar refractivity (Wildman–Crippen MR) is 158 cm³/mol. The molecule has 0 aliphatic carbocycles. The molecule has 5 aromatic rings. The maximum Gasteiger partial charge on any atom is 0.258 e. The van der Waals surface area contributed by atoms with Crippen molar-refractivity contribution < 1.29 is 27.8 Å². The third kappa shape index (κ3) is 6.08. The van der Waals surface area contributed by atoms with Crippen LogP contribution in [-0.2, 0) is 6.42 Å². The molecule has 5 rings (SSSR count). The second-order valence-corrected chi connectivity index (χ2v) is 10.3. The lowest BCUT2D eigenvalue weighted by atomic mass is 9.95. The number of carbonyl (C=O) groups is 1. The van der Waals surface area contributed by atoms with Crippen LogP contribution < -0.4 is 19.6 Å². The Balaban J connectivity index is 1.41. The highest BCUT2D eigenvalue weighted by Crippen LogP contribution is 2.35. The third-order valence-corrected chi connectivity index (χ3v) is 6.79. The fourth-order valence-corrected chi connectivity index (χ4v) is 4.75. The summed E-state index contributed by atoms with van der Waals surface area (Å²) in [6.07, 6.45) is 2.47. The van der Waals surface area contributed by atoms with Gasteiger partial charge in [-0.3, -0.25) is 14.6 Å². The first kappa shape index (κ1) is 29.4. The summed E-state index contributed by atoms with van der Waals surface area (Å²) in [5.74, 6) is -0.808. The van der Waals surface area contributed by atoms with Crippen LogP contribution >= 0.6 is 0 Å². The largest absolute Gasteiger partial charge is 0.491 e. The van der Waals surface area contributed by atoms with Crippen LogP contribution in [0.15, 0.2) is 65.7 Å². The summed E-state index contributed by atoms with van der Waals surface area (Å²) >= 11 is 0. The van der Waals surface area contributed by atoms with Gasteiger partial charge in [-0.25, -0.2) is 13.8 Å². The molecule has 0 amide bonds. The second-order valence-electron chi connectivity index (χ2n) is 10.3. The number of fused-ring (bicyclic) bond motifs is 1. The van der Waals surface area contributed by atoms with E-state index in [9.17, 15) is 14.0 Å². The molecule has 0 unspecified atom stereocenters. The number of nitrogens with zero attached hydrogens (tertiary/aromatic N) is 2. The number of halogens is 2. The van der Waals surface area contributed by atoms with Crippen LogP contribution in [0.5, 0.6) is 23.1 Å². The number of aryl methyl sites for hydroxylation is 2. The number of aromatic amines is 1. The number of Topliss-reactive ketones (excluding diaryl/α,β-unsaturated/α-hetero) is 1. The van der Waals surface area contributed by atoms with Crippen molar-refractivity contribution in [2.24, 2.45) is 0 Å². The number of pyridine rings is 3. The van der Waals surface area contributed by atoms with E-state index in [1.54, 1.807) is 32.0 Å². The number of rotatable bonds is 9. The Labute approximate surface area is 246 Å². The van der Waals surface area contributed by atoms with Gasteiger partial charge in [-0.05, 0) is 68.7 Å². The first-order valence-corrected chi connectivity index (χ1v) is 13.5. The monoisotopic (exact) mass is 585 g/mol. The zero-order valence-electron chi connectivity index (χ0n) is 24.2. The molecule has 3 aromatic heterocycles. The number of benzene rings is 2. The Bertz CT molecular complexity index is 1920. The quantitative estimate of drug-likeness (QED) is 0.188. The summed E-state index contributed by atoms with van der Waals surface area (Å²) in [7, 11) is 1.50. The average molecular weight is 586 g/mol. The Kier molecular flexibility index (Phi) is 8.20. The van der Waals surface area contributed by atoms with Gasteiger partial charge in [0.2, 0.25) is 0 Å². The average Bonchev–Trinajstić information content (AvgIpc) is 2.95. The summed E-state index contributed by atoms with van der Waals surface area (Å²) < 4.78 is 45.9. The van der Waals surface area contributed by atoms with Gasteiger partial charge in [0.25, 0.3) is 5.88 Å². The van der Waals surface area contributed by atoms with Gasteiger partial charge in [-0.2, -0.15) is 0 Å². The minimum absolute atomic E-state index is 0.0748. The first-order chi connectivity index (χ1) is 20.5. The molecular formula is C33H29F2N3O5. The molecule has 0 aliphatic heterocycles.